The van der Waals surface area contributed by atoms with Crippen LogP contribution in [0.5, 0.6) is 0 Å². The highest BCUT2D eigenvalue weighted by Crippen LogP contribution is 2.25. The Labute approximate surface area is 200 Å². The first-order valence-electron chi connectivity index (χ1n) is 11.6. The van der Waals surface area contributed by atoms with Crippen molar-refractivity contribution < 1.29 is 9.59 Å². The molecule has 0 aliphatic carbocycles. The summed E-state index contributed by atoms with van der Waals surface area (Å²) < 4.78 is 0. The van der Waals surface area contributed by atoms with E-state index < -0.39 is 0 Å². The molecule has 0 spiro atoms. The first-order valence-corrected chi connectivity index (χ1v) is 12.0. The molecule has 0 atom stereocenters. The number of pyridine rings is 1. The summed E-state index contributed by atoms with van der Waals surface area (Å²) in [5.41, 5.74) is 3.03. The molecule has 3 heterocycles. The highest BCUT2D eigenvalue weighted by atomic mass is 35.5. The van der Waals surface area contributed by atoms with E-state index in [1.165, 1.54) is 0 Å². The van der Waals surface area contributed by atoms with Crippen LogP contribution in [-0.2, 0) is 9.59 Å². The number of aromatic nitrogens is 1. The smallest absolute Gasteiger partial charge is 0.238 e. The summed E-state index contributed by atoms with van der Waals surface area (Å²) >= 11 is 5.93. The number of hydrogen-bond donors (Lipinski definition) is 1. The summed E-state index contributed by atoms with van der Waals surface area (Å²) in [7, 11) is 0. The van der Waals surface area contributed by atoms with Crippen molar-refractivity contribution in [3.8, 4) is 0 Å². The Kier molecular flexibility index (Phi) is 7.50. The Morgan fingerprint density at radius 3 is 2.27 bits per heavy atom. The lowest BCUT2D eigenvalue weighted by molar-refractivity contribution is -0.138. The predicted molar refractivity (Wildman–Crippen MR) is 132 cm³/mol. The molecular formula is C25H32ClN5O2. The minimum atomic E-state index is -0.00430. The summed E-state index contributed by atoms with van der Waals surface area (Å²) in [5, 5.41) is 3.68. The molecular weight excluding hydrogens is 438 g/mol. The van der Waals surface area contributed by atoms with Crippen LogP contribution < -0.4 is 10.2 Å². The minimum absolute atomic E-state index is 0.00430. The summed E-state index contributed by atoms with van der Waals surface area (Å²) in [5.74, 6) is 1.22. The van der Waals surface area contributed by atoms with Crippen LogP contribution in [0.25, 0.3) is 0 Å². The van der Waals surface area contributed by atoms with Crippen LogP contribution in [-0.4, -0.2) is 72.4 Å². The van der Waals surface area contributed by atoms with Crippen molar-refractivity contribution >= 4 is 34.9 Å². The van der Waals surface area contributed by atoms with E-state index in [1.54, 1.807) is 6.20 Å². The third-order valence-corrected chi connectivity index (χ3v) is 6.90. The summed E-state index contributed by atoms with van der Waals surface area (Å²) in [6.07, 6.45) is 3.33. The van der Waals surface area contributed by atoms with Gasteiger partial charge in [0.15, 0.2) is 0 Å². The number of rotatable bonds is 5. The maximum atomic E-state index is 13.1. The number of nitrogens with one attached hydrogen (secondary N) is 1. The maximum Gasteiger partial charge on any atom is 0.238 e. The largest absolute Gasteiger partial charge is 0.357 e. The monoisotopic (exact) mass is 469 g/mol. The van der Waals surface area contributed by atoms with E-state index in [0.717, 1.165) is 61.7 Å². The molecule has 8 heteroatoms. The van der Waals surface area contributed by atoms with E-state index in [4.69, 9.17) is 11.6 Å². The average Bonchev–Trinajstić information content (AvgIpc) is 2.82. The van der Waals surface area contributed by atoms with Gasteiger partial charge in [-0.25, -0.2) is 4.98 Å². The number of benzene rings is 1. The van der Waals surface area contributed by atoms with Gasteiger partial charge in [0.2, 0.25) is 11.8 Å². The number of piperazine rings is 1. The normalized spacial score (nSPS) is 17.8. The molecule has 2 aliphatic heterocycles. The molecule has 2 saturated heterocycles. The van der Waals surface area contributed by atoms with Gasteiger partial charge in [0.1, 0.15) is 5.82 Å². The fraction of sp³-hybridized carbons (Fsp3) is 0.480. The van der Waals surface area contributed by atoms with Gasteiger partial charge in [-0.3, -0.25) is 14.5 Å². The number of aryl methyl sites for hydroxylation is 2. The van der Waals surface area contributed by atoms with E-state index in [0.29, 0.717) is 24.7 Å². The summed E-state index contributed by atoms with van der Waals surface area (Å²) in [4.78, 5) is 36.3. The zero-order valence-electron chi connectivity index (χ0n) is 19.4. The zero-order valence-corrected chi connectivity index (χ0v) is 20.1. The predicted octanol–water partition coefficient (Wildman–Crippen LogP) is 3.35. The van der Waals surface area contributed by atoms with Gasteiger partial charge in [0, 0.05) is 57.1 Å². The van der Waals surface area contributed by atoms with Crippen LogP contribution in [0.2, 0.25) is 5.02 Å². The van der Waals surface area contributed by atoms with Crippen molar-refractivity contribution in [3.05, 3.63) is 52.7 Å². The van der Waals surface area contributed by atoms with E-state index >= 15 is 0 Å². The molecule has 2 fully saturated rings. The van der Waals surface area contributed by atoms with Gasteiger partial charge in [-0.05, 0) is 49.9 Å². The van der Waals surface area contributed by atoms with Crippen molar-refractivity contribution in [2.75, 3.05) is 56.0 Å². The van der Waals surface area contributed by atoms with E-state index in [9.17, 15) is 9.59 Å². The lowest BCUT2D eigenvalue weighted by Gasteiger charge is -2.38. The third kappa shape index (κ3) is 5.84. The first-order chi connectivity index (χ1) is 15.9. The molecule has 7 nitrogen and oxygen atoms in total. The summed E-state index contributed by atoms with van der Waals surface area (Å²) in [6, 6.07) is 9.78. The molecule has 2 aromatic rings. The van der Waals surface area contributed by atoms with Crippen LogP contribution in [0.1, 0.15) is 24.0 Å². The van der Waals surface area contributed by atoms with Gasteiger partial charge >= 0.3 is 0 Å². The Hall–Kier alpha value is -2.64. The zero-order chi connectivity index (χ0) is 23.4. The number of amides is 2. The second-order valence-electron chi connectivity index (χ2n) is 9.01. The highest BCUT2D eigenvalue weighted by molar-refractivity contribution is 6.30. The number of piperidine rings is 1. The fourth-order valence-electron chi connectivity index (χ4n) is 4.69. The fourth-order valence-corrected chi connectivity index (χ4v) is 4.80. The van der Waals surface area contributed by atoms with Crippen molar-refractivity contribution in [3.63, 3.8) is 0 Å². The van der Waals surface area contributed by atoms with Crippen LogP contribution in [0.4, 0.5) is 11.5 Å². The van der Waals surface area contributed by atoms with E-state index in [-0.39, 0.29) is 17.7 Å². The molecule has 0 saturated carbocycles. The van der Waals surface area contributed by atoms with Gasteiger partial charge in [-0.15, -0.1) is 0 Å². The molecule has 1 N–H and O–H groups in total. The van der Waals surface area contributed by atoms with Gasteiger partial charge in [0.25, 0.3) is 0 Å². The quantitative estimate of drug-likeness (QED) is 0.727. The lowest BCUT2D eigenvalue weighted by Crippen LogP contribution is -2.52. The molecule has 0 unspecified atom stereocenters. The number of para-hydroxylation sites is 1. The molecule has 2 amide bonds. The van der Waals surface area contributed by atoms with Crippen LogP contribution in [0.15, 0.2) is 36.5 Å². The molecule has 176 valence electrons. The first kappa shape index (κ1) is 23.5. The van der Waals surface area contributed by atoms with Crippen LogP contribution in [0, 0.1) is 19.8 Å². The molecule has 4 rings (SSSR count). The molecule has 1 aromatic heterocycles. The number of carbonyl (C=O) groups is 2. The second kappa shape index (κ2) is 10.5. The lowest BCUT2D eigenvalue weighted by atomic mass is 9.95. The van der Waals surface area contributed by atoms with Gasteiger partial charge < -0.3 is 15.1 Å². The van der Waals surface area contributed by atoms with Crippen molar-refractivity contribution in [2.45, 2.75) is 26.7 Å². The number of halogens is 1. The number of hydrogen-bond acceptors (Lipinski definition) is 5. The van der Waals surface area contributed by atoms with Crippen LogP contribution in [0.3, 0.4) is 0 Å². The molecule has 0 bridgehead atoms. The molecule has 2 aliphatic rings. The van der Waals surface area contributed by atoms with Crippen LogP contribution >= 0.6 is 11.6 Å². The Morgan fingerprint density at radius 2 is 1.67 bits per heavy atom. The van der Waals surface area contributed by atoms with Crippen molar-refractivity contribution in [1.29, 1.82) is 0 Å². The molecule has 1 aromatic carbocycles. The standard InChI is InChI=1S/C25H32ClN5O2/c1-18-4-3-5-19(2)24(18)28-23(32)17-29-12-14-31(15-13-29)25(33)20-8-10-30(11-9-20)22-7-6-21(26)16-27-22/h3-7,16,20H,8-15,17H2,1-2H3,(H,28,32). The Balaban J connectivity index is 1.21. The number of nitrogens with zero attached hydrogens (tertiary/aromatic N) is 4. The SMILES string of the molecule is Cc1cccc(C)c1NC(=O)CN1CCN(C(=O)C2CCN(c3ccc(Cl)cn3)CC2)CC1. The van der Waals surface area contributed by atoms with E-state index in [2.05, 4.69) is 20.1 Å². The maximum absolute atomic E-state index is 13.1. The molecule has 0 radical (unpaired) electrons. The summed E-state index contributed by atoms with van der Waals surface area (Å²) in [6.45, 7) is 8.80. The minimum Gasteiger partial charge on any atom is -0.357 e. The second-order valence-corrected chi connectivity index (χ2v) is 9.45. The number of anilines is 2. The average molecular weight is 470 g/mol. The third-order valence-electron chi connectivity index (χ3n) is 6.68. The molecule has 33 heavy (non-hydrogen) atoms. The van der Waals surface area contributed by atoms with Gasteiger partial charge in [-0.2, -0.15) is 0 Å². The topological polar surface area (TPSA) is 68.8 Å². The van der Waals surface area contributed by atoms with Gasteiger partial charge in [-0.1, -0.05) is 29.8 Å². The number of carbonyl (C=O) groups excluding carboxylic acids is 2. The van der Waals surface area contributed by atoms with E-state index in [1.807, 2.05) is 49.1 Å². The Morgan fingerprint density at radius 1 is 1.00 bits per heavy atom. The van der Waals surface area contributed by atoms with Crippen molar-refractivity contribution in [2.24, 2.45) is 5.92 Å². The highest BCUT2D eigenvalue weighted by Gasteiger charge is 2.31. The van der Waals surface area contributed by atoms with Gasteiger partial charge in [0.05, 0.1) is 11.6 Å². The van der Waals surface area contributed by atoms with Crippen molar-refractivity contribution in [1.82, 2.24) is 14.8 Å². The Bertz CT molecular complexity index is 961.